The van der Waals surface area contributed by atoms with Crippen LogP contribution in [0.25, 0.3) is 15.9 Å². The van der Waals surface area contributed by atoms with Crippen LogP contribution in [-0.4, -0.2) is 32.6 Å². The molecular formula is C27H26N6O2S. The van der Waals surface area contributed by atoms with Crippen LogP contribution < -0.4 is 14.9 Å². The zero-order valence-corrected chi connectivity index (χ0v) is 21.3. The number of hydrogen-bond donors (Lipinski definition) is 1. The van der Waals surface area contributed by atoms with Gasteiger partial charge in [-0.25, -0.2) is 9.97 Å². The normalized spacial score (nSPS) is 11.3. The molecule has 5 rings (SSSR count). The van der Waals surface area contributed by atoms with E-state index in [0.717, 1.165) is 38.5 Å². The maximum Gasteiger partial charge on any atom is 0.231 e. The van der Waals surface area contributed by atoms with E-state index in [9.17, 15) is 0 Å². The van der Waals surface area contributed by atoms with E-state index in [0.29, 0.717) is 24.1 Å². The largest absolute Gasteiger partial charge is 0.494 e. The minimum Gasteiger partial charge on any atom is -0.494 e. The number of anilines is 1. The van der Waals surface area contributed by atoms with Gasteiger partial charge < -0.3 is 9.47 Å². The van der Waals surface area contributed by atoms with E-state index in [1.807, 2.05) is 68.4 Å². The molecule has 0 aliphatic carbocycles. The molecule has 1 N–H and O–H groups in total. The van der Waals surface area contributed by atoms with Crippen molar-refractivity contribution in [2.24, 2.45) is 5.10 Å². The molecule has 5 aromatic rings. The molecule has 9 heteroatoms. The van der Waals surface area contributed by atoms with Gasteiger partial charge in [-0.3, -0.25) is 5.43 Å². The predicted octanol–water partition coefficient (Wildman–Crippen LogP) is 6.44. The lowest BCUT2D eigenvalue weighted by molar-refractivity contribution is 0.339. The molecule has 0 saturated carbocycles. The van der Waals surface area contributed by atoms with Gasteiger partial charge in [0.1, 0.15) is 22.7 Å². The Morgan fingerprint density at radius 1 is 1.00 bits per heavy atom. The second kappa shape index (κ2) is 10.2. The minimum atomic E-state index is 0.559. The van der Waals surface area contributed by atoms with Gasteiger partial charge in [-0.15, -0.1) is 11.3 Å². The van der Waals surface area contributed by atoms with Crippen molar-refractivity contribution in [3.05, 3.63) is 82.6 Å². The van der Waals surface area contributed by atoms with E-state index in [1.54, 1.807) is 28.6 Å². The number of para-hydroxylation sites is 1. The molecule has 3 aromatic heterocycles. The van der Waals surface area contributed by atoms with Crippen molar-refractivity contribution < 1.29 is 9.47 Å². The Hall–Kier alpha value is -4.24. The predicted molar refractivity (Wildman–Crippen MR) is 144 cm³/mol. The first kappa shape index (κ1) is 23.5. The summed E-state index contributed by atoms with van der Waals surface area (Å²) in [4.78, 5) is 10.9. The molecule has 0 aliphatic rings. The number of thiophene rings is 1. The molecule has 2 aromatic carbocycles. The van der Waals surface area contributed by atoms with Gasteiger partial charge in [0.25, 0.3) is 0 Å². The van der Waals surface area contributed by atoms with Gasteiger partial charge in [0.15, 0.2) is 5.82 Å². The Labute approximate surface area is 213 Å². The highest BCUT2D eigenvalue weighted by atomic mass is 32.1. The van der Waals surface area contributed by atoms with Crippen molar-refractivity contribution in [2.45, 2.75) is 27.7 Å². The lowest BCUT2D eigenvalue weighted by Gasteiger charge is -2.11. The lowest BCUT2D eigenvalue weighted by atomic mass is 10.2. The zero-order chi connectivity index (χ0) is 25.1. The number of nitrogens with zero attached hydrogens (tertiary/aromatic N) is 5. The molecule has 0 saturated heterocycles. The summed E-state index contributed by atoms with van der Waals surface area (Å²) < 4.78 is 13.7. The molecule has 0 radical (unpaired) electrons. The lowest BCUT2D eigenvalue weighted by Crippen LogP contribution is -2.01. The molecule has 0 bridgehead atoms. The Bertz CT molecular complexity index is 1520. The minimum absolute atomic E-state index is 0.559. The van der Waals surface area contributed by atoms with E-state index in [2.05, 4.69) is 34.3 Å². The number of fused-ring (bicyclic) bond motifs is 1. The van der Waals surface area contributed by atoms with Crippen molar-refractivity contribution >= 4 is 33.6 Å². The average molecular weight is 499 g/mol. The van der Waals surface area contributed by atoms with Gasteiger partial charge in [0.2, 0.25) is 5.88 Å². The van der Waals surface area contributed by atoms with Crippen LogP contribution in [0.4, 0.5) is 5.82 Å². The number of nitrogens with one attached hydrogen (secondary N) is 1. The van der Waals surface area contributed by atoms with Crippen molar-refractivity contribution in [3.8, 4) is 23.1 Å². The summed E-state index contributed by atoms with van der Waals surface area (Å²) in [5.41, 5.74) is 6.67. The fourth-order valence-corrected chi connectivity index (χ4v) is 4.81. The van der Waals surface area contributed by atoms with Gasteiger partial charge in [-0.1, -0.05) is 18.2 Å². The number of rotatable bonds is 8. The van der Waals surface area contributed by atoms with E-state index in [-0.39, 0.29) is 0 Å². The fourth-order valence-electron chi connectivity index (χ4n) is 3.82. The van der Waals surface area contributed by atoms with Gasteiger partial charge in [-0.2, -0.15) is 14.9 Å². The average Bonchev–Trinajstić information content (AvgIpc) is 3.36. The van der Waals surface area contributed by atoms with E-state index in [4.69, 9.17) is 14.6 Å². The highest BCUT2D eigenvalue weighted by molar-refractivity contribution is 7.18. The second-order valence-electron chi connectivity index (χ2n) is 8.11. The number of hydrazone groups is 1. The topological polar surface area (TPSA) is 86.4 Å². The van der Waals surface area contributed by atoms with Crippen molar-refractivity contribution in [3.63, 3.8) is 0 Å². The second-order valence-corrected chi connectivity index (χ2v) is 9.32. The van der Waals surface area contributed by atoms with Crippen LogP contribution in [0, 0.1) is 20.8 Å². The molecule has 0 unspecified atom stereocenters. The van der Waals surface area contributed by atoms with Crippen LogP contribution >= 0.6 is 11.3 Å². The van der Waals surface area contributed by atoms with Crippen molar-refractivity contribution in [1.29, 1.82) is 0 Å². The van der Waals surface area contributed by atoms with Gasteiger partial charge in [0, 0.05) is 4.88 Å². The van der Waals surface area contributed by atoms with Crippen molar-refractivity contribution in [1.82, 2.24) is 19.7 Å². The molecular weight excluding hydrogens is 472 g/mol. The summed E-state index contributed by atoms with van der Waals surface area (Å²) in [7, 11) is 0. The maximum absolute atomic E-state index is 6.35. The van der Waals surface area contributed by atoms with Gasteiger partial charge >= 0.3 is 0 Å². The Morgan fingerprint density at radius 3 is 2.50 bits per heavy atom. The van der Waals surface area contributed by atoms with Gasteiger partial charge in [-0.05, 0) is 69.7 Å². The molecule has 36 heavy (non-hydrogen) atoms. The number of aromatic nitrogens is 4. The Kier molecular flexibility index (Phi) is 6.64. The molecule has 8 nitrogen and oxygen atoms in total. The first-order valence-electron chi connectivity index (χ1n) is 11.6. The first-order chi connectivity index (χ1) is 17.5. The molecule has 182 valence electrons. The molecule has 3 heterocycles. The van der Waals surface area contributed by atoms with Crippen molar-refractivity contribution in [2.75, 3.05) is 12.0 Å². The molecule has 0 atom stereocenters. The Morgan fingerprint density at radius 2 is 1.75 bits per heavy atom. The maximum atomic E-state index is 6.35. The summed E-state index contributed by atoms with van der Waals surface area (Å²) in [5, 5.41) is 10.2. The highest BCUT2D eigenvalue weighted by Gasteiger charge is 2.18. The molecule has 0 aliphatic heterocycles. The summed E-state index contributed by atoms with van der Waals surface area (Å²) in [5.74, 6) is 2.68. The summed E-state index contributed by atoms with van der Waals surface area (Å²) >= 11 is 1.65. The monoisotopic (exact) mass is 498 g/mol. The van der Waals surface area contributed by atoms with Crippen LogP contribution in [0.5, 0.6) is 17.4 Å². The van der Waals surface area contributed by atoms with Gasteiger partial charge in [0.05, 0.1) is 35.2 Å². The third-order valence-electron chi connectivity index (χ3n) is 5.74. The summed E-state index contributed by atoms with van der Waals surface area (Å²) in [6.07, 6.45) is 3.27. The highest BCUT2D eigenvalue weighted by Crippen LogP contribution is 2.33. The quantitative estimate of drug-likeness (QED) is 0.196. The van der Waals surface area contributed by atoms with Crippen LogP contribution in [-0.2, 0) is 0 Å². The first-order valence-corrected chi connectivity index (χ1v) is 12.4. The third kappa shape index (κ3) is 4.65. The van der Waals surface area contributed by atoms with E-state index >= 15 is 0 Å². The molecule has 0 fully saturated rings. The number of hydrogen-bond acceptors (Lipinski definition) is 8. The standard InChI is InChI=1S/C27H26N6O2S/c1-5-34-21-11-13-22(14-12-21)35-27-23(18(3)32-33(27)20-9-7-6-8-10-20)15-30-31-25-24-17(2)19(4)36-26(24)29-16-28-25/h6-16H,5H2,1-4H3,(H,28,29,31)/b30-15+. The third-order valence-corrected chi connectivity index (χ3v) is 6.86. The van der Waals surface area contributed by atoms with Crippen LogP contribution in [0.15, 0.2) is 66.0 Å². The SMILES string of the molecule is CCOc1ccc(Oc2c(/C=N/Nc3ncnc4sc(C)c(C)c34)c(C)nn2-c2ccccc2)cc1. The molecule has 0 amide bonds. The molecule has 0 spiro atoms. The number of benzene rings is 2. The van der Waals surface area contributed by atoms with Crippen LogP contribution in [0.1, 0.15) is 28.6 Å². The number of ether oxygens (including phenoxy) is 2. The van der Waals surface area contributed by atoms with Crippen LogP contribution in [0.2, 0.25) is 0 Å². The fraction of sp³-hybridized carbons (Fsp3) is 0.185. The number of aryl methyl sites for hydroxylation is 3. The van der Waals surface area contributed by atoms with E-state index in [1.165, 1.54) is 4.88 Å². The Balaban J connectivity index is 1.50. The smallest absolute Gasteiger partial charge is 0.231 e. The summed E-state index contributed by atoms with van der Waals surface area (Å²) in [6.45, 7) is 8.65. The zero-order valence-electron chi connectivity index (χ0n) is 20.5. The van der Waals surface area contributed by atoms with E-state index < -0.39 is 0 Å². The summed E-state index contributed by atoms with van der Waals surface area (Å²) in [6, 6.07) is 17.4. The van der Waals surface area contributed by atoms with Crippen LogP contribution in [0.3, 0.4) is 0 Å².